The second kappa shape index (κ2) is 13.2. The lowest BCUT2D eigenvalue weighted by atomic mass is 10.1. The Labute approximate surface area is 257 Å². The summed E-state index contributed by atoms with van der Waals surface area (Å²) in [6.45, 7) is 8.22. The Kier molecular flexibility index (Phi) is 9.15. The second-order valence-corrected chi connectivity index (χ2v) is 10.8. The van der Waals surface area contributed by atoms with Gasteiger partial charge in [-0.2, -0.15) is 4.98 Å². The van der Waals surface area contributed by atoms with Crippen LogP contribution in [0, 0.1) is 19.7 Å². The number of rotatable bonds is 8. The van der Waals surface area contributed by atoms with Gasteiger partial charge in [-0.25, -0.2) is 19.1 Å². The van der Waals surface area contributed by atoms with Crippen LogP contribution in [-0.4, -0.2) is 67.9 Å². The van der Waals surface area contributed by atoms with Crippen molar-refractivity contribution >= 4 is 34.9 Å². The predicted molar refractivity (Wildman–Crippen MR) is 170 cm³/mol. The number of piperazine rings is 1. The van der Waals surface area contributed by atoms with Gasteiger partial charge in [-0.3, -0.25) is 0 Å². The Morgan fingerprint density at radius 1 is 1.02 bits per heavy atom. The lowest BCUT2D eigenvalue weighted by Crippen LogP contribution is -2.50. The molecule has 1 N–H and O–H groups in total. The number of methoxy groups -OCH3 is 2. The quantitative estimate of drug-likeness (QED) is 0.244. The summed E-state index contributed by atoms with van der Waals surface area (Å²) in [4.78, 5) is 28.4. The highest BCUT2D eigenvalue weighted by Gasteiger charge is 2.27. The molecular formula is C33H37FN6O4. The molecule has 5 rings (SSSR count). The van der Waals surface area contributed by atoms with Gasteiger partial charge in [0.2, 0.25) is 5.95 Å². The first-order valence-electron chi connectivity index (χ1n) is 14.3. The summed E-state index contributed by atoms with van der Waals surface area (Å²) >= 11 is 0. The third kappa shape index (κ3) is 6.52. The van der Waals surface area contributed by atoms with Gasteiger partial charge < -0.3 is 29.3 Å². The molecule has 44 heavy (non-hydrogen) atoms. The maximum atomic E-state index is 15.3. The van der Waals surface area contributed by atoms with Crippen LogP contribution >= 0.6 is 0 Å². The number of hydrogen-bond donors (Lipinski definition) is 1. The third-order valence-corrected chi connectivity index (χ3v) is 7.78. The summed E-state index contributed by atoms with van der Waals surface area (Å²) < 4.78 is 32.3. The van der Waals surface area contributed by atoms with Crippen molar-refractivity contribution in [1.82, 2.24) is 14.9 Å². The fourth-order valence-corrected chi connectivity index (χ4v) is 5.15. The van der Waals surface area contributed by atoms with E-state index in [1.807, 2.05) is 32.0 Å². The summed E-state index contributed by atoms with van der Waals surface area (Å²) in [5, 5.41) is 3.07. The summed E-state index contributed by atoms with van der Waals surface area (Å²) in [7, 11) is 5.12. The Morgan fingerprint density at radius 3 is 2.48 bits per heavy atom. The molecule has 1 amide bonds. The first-order valence-corrected chi connectivity index (χ1v) is 14.3. The number of benzene rings is 3. The number of carbonyl (C=O) groups excluding carboxylic acids is 1. The number of para-hydroxylation sites is 1. The van der Waals surface area contributed by atoms with Crippen molar-refractivity contribution in [2.75, 3.05) is 56.0 Å². The van der Waals surface area contributed by atoms with Gasteiger partial charge in [0.25, 0.3) is 0 Å². The lowest BCUT2D eigenvalue weighted by molar-refractivity contribution is 0.209. The number of amides is 1. The maximum Gasteiger partial charge on any atom is 0.425 e. The number of carbonyl (C=O) groups is 1. The zero-order valence-electron chi connectivity index (χ0n) is 25.8. The van der Waals surface area contributed by atoms with Crippen LogP contribution in [0.2, 0.25) is 0 Å². The number of likely N-dealkylation sites (N-methyl/N-ethyl adjacent to an activating group) is 1. The molecule has 1 aliphatic rings. The van der Waals surface area contributed by atoms with Crippen molar-refractivity contribution in [3.05, 3.63) is 83.8 Å². The van der Waals surface area contributed by atoms with Gasteiger partial charge in [0.05, 0.1) is 25.6 Å². The van der Waals surface area contributed by atoms with Gasteiger partial charge in [-0.05, 0) is 69.3 Å². The van der Waals surface area contributed by atoms with Crippen molar-refractivity contribution in [3.8, 4) is 17.2 Å². The summed E-state index contributed by atoms with van der Waals surface area (Å²) in [5.74, 6) is 1.37. The molecule has 4 aromatic rings. The highest BCUT2D eigenvalue weighted by Crippen LogP contribution is 2.38. The summed E-state index contributed by atoms with van der Waals surface area (Å²) in [6.07, 6.45) is 0.794. The minimum Gasteiger partial charge on any atom is -0.497 e. The molecule has 0 saturated carbocycles. The Hall–Kier alpha value is -4.90. The van der Waals surface area contributed by atoms with E-state index in [2.05, 4.69) is 39.1 Å². The number of nitrogens with one attached hydrogen (secondary N) is 1. The van der Waals surface area contributed by atoms with Crippen LogP contribution in [0.15, 0.2) is 66.9 Å². The van der Waals surface area contributed by atoms with Crippen molar-refractivity contribution < 1.29 is 23.4 Å². The van der Waals surface area contributed by atoms with Crippen LogP contribution in [0.1, 0.15) is 18.1 Å². The monoisotopic (exact) mass is 600 g/mol. The number of aromatic nitrogens is 2. The van der Waals surface area contributed by atoms with Crippen LogP contribution in [0.4, 0.5) is 38.0 Å². The van der Waals surface area contributed by atoms with E-state index in [0.29, 0.717) is 40.4 Å². The molecule has 1 aliphatic heterocycles. The van der Waals surface area contributed by atoms with Crippen molar-refractivity contribution in [2.24, 2.45) is 0 Å². The van der Waals surface area contributed by atoms with Crippen molar-refractivity contribution in [2.45, 2.75) is 26.8 Å². The molecule has 230 valence electrons. The van der Waals surface area contributed by atoms with Gasteiger partial charge in [0, 0.05) is 49.7 Å². The number of halogens is 1. The molecule has 11 heteroatoms. The molecule has 1 atom stereocenters. The third-order valence-electron chi connectivity index (χ3n) is 7.78. The van der Waals surface area contributed by atoms with E-state index in [1.54, 1.807) is 36.4 Å². The van der Waals surface area contributed by atoms with E-state index < -0.39 is 6.09 Å². The molecule has 0 aliphatic carbocycles. The van der Waals surface area contributed by atoms with E-state index in [9.17, 15) is 4.79 Å². The fraction of sp³-hybridized carbons (Fsp3) is 0.303. The largest absolute Gasteiger partial charge is 0.497 e. The molecule has 2 heterocycles. The highest BCUT2D eigenvalue weighted by molar-refractivity contribution is 5.98. The first kappa shape index (κ1) is 30.6. The van der Waals surface area contributed by atoms with E-state index in [0.717, 1.165) is 30.8 Å². The molecule has 0 spiro atoms. The molecule has 3 aromatic carbocycles. The van der Waals surface area contributed by atoms with Crippen LogP contribution in [0.25, 0.3) is 0 Å². The molecule has 1 fully saturated rings. The average Bonchev–Trinajstić information content (AvgIpc) is 3.01. The average molecular weight is 601 g/mol. The number of aryl methyl sites for hydroxylation is 2. The smallest absolute Gasteiger partial charge is 0.425 e. The zero-order chi connectivity index (χ0) is 31.4. The van der Waals surface area contributed by atoms with Crippen LogP contribution in [0.3, 0.4) is 0 Å². The Balaban J connectivity index is 1.47. The number of ether oxygens (including phenoxy) is 3. The highest BCUT2D eigenvalue weighted by atomic mass is 19.1. The van der Waals surface area contributed by atoms with E-state index in [-0.39, 0.29) is 17.6 Å². The van der Waals surface area contributed by atoms with Crippen LogP contribution in [0.5, 0.6) is 17.2 Å². The van der Waals surface area contributed by atoms with E-state index in [4.69, 9.17) is 14.2 Å². The fourth-order valence-electron chi connectivity index (χ4n) is 5.15. The Morgan fingerprint density at radius 2 is 1.80 bits per heavy atom. The van der Waals surface area contributed by atoms with E-state index >= 15 is 4.39 Å². The number of anilines is 5. The van der Waals surface area contributed by atoms with Crippen LogP contribution in [-0.2, 0) is 0 Å². The normalized spacial score (nSPS) is 15.1. The topological polar surface area (TPSA) is 92.3 Å². The SMILES string of the molecule is COc1ccc(OC)c(N(C(=O)Oc2c(C)cccc2C)c2ccnc(Nc3ccc(N4CCN(C)C(C)C4)c(F)c3)n2)c1. The van der Waals surface area contributed by atoms with Crippen LogP contribution < -0.4 is 29.3 Å². The minimum atomic E-state index is -0.713. The molecule has 1 saturated heterocycles. The van der Waals surface area contributed by atoms with Gasteiger partial charge >= 0.3 is 6.09 Å². The van der Waals surface area contributed by atoms with Gasteiger partial charge in [-0.1, -0.05) is 18.2 Å². The molecule has 1 aromatic heterocycles. The molecule has 0 radical (unpaired) electrons. The summed E-state index contributed by atoms with van der Waals surface area (Å²) in [6, 6.07) is 17.6. The Bertz CT molecular complexity index is 1630. The molecule has 0 bridgehead atoms. The lowest BCUT2D eigenvalue weighted by Gasteiger charge is -2.39. The van der Waals surface area contributed by atoms with Gasteiger partial charge in [0.15, 0.2) is 0 Å². The molecule has 10 nitrogen and oxygen atoms in total. The standard InChI is InChI=1S/C33H37FN6O4/c1-21-8-7-9-22(2)31(21)44-33(41)40(28-19-25(42-5)11-13-29(28)43-6)30-14-15-35-32(37-30)36-24-10-12-27(26(34)18-24)39-17-16-38(4)23(3)20-39/h7-15,18-19,23H,16-17,20H2,1-6H3,(H,35,36,37). The van der Waals surface area contributed by atoms with Gasteiger partial charge in [-0.15, -0.1) is 0 Å². The predicted octanol–water partition coefficient (Wildman–Crippen LogP) is 6.47. The zero-order valence-corrected chi connectivity index (χ0v) is 25.8. The molecule has 1 unspecified atom stereocenters. The first-order chi connectivity index (χ1) is 21.2. The maximum absolute atomic E-state index is 15.3. The van der Waals surface area contributed by atoms with Gasteiger partial charge in [0.1, 0.15) is 28.9 Å². The number of hydrogen-bond acceptors (Lipinski definition) is 9. The van der Waals surface area contributed by atoms with Crippen molar-refractivity contribution in [1.29, 1.82) is 0 Å². The second-order valence-electron chi connectivity index (χ2n) is 10.8. The molecular weight excluding hydrogens is 563 g/mol. The van der Waals surface area contributed by atoms with E-state index in [1.165, 1.54) is 31.4 Å². The minimum absolute atomic E-state index is 0.162. The van der Waals surface area contributed by atoms with Crippen molar-refractivity contribution in [3.63, 3.8) is 0 Å². The number of nitrogens with zero attached hydrogens (tertiary/aromatic N) is 5. The summed E-state index contributed by atoms with van der Waals surface area (Å²) in [5.41, 5.74) is 2.98.